The summed E-state index contributed by atoms with van der Waals surface area (Å²) in [6.07, 6.45) is 26.8. The van der Waals surface area contributed by atoms with Crippen molar-refractivity contribution in [3.05, 3.63) is 12.2 Å². The molecule has 0 aromatic rings. The fourth-order valence-electron chi connectivity index (χ4n) is 6.65. The number of allylic oxidation sites excluding steroid dienone is 2. The molecule has 0 radical (unpaired) electrons. The van der Waals surface area contributed by atoms with Gasteiger partial charge in [0.05, 0.1) is 21.2 Å². The highest BCUT2D eigenvalue weighted by Gasteiger charge is 2.37. The van der Waals surface area contributed by atoms with Crippen LogP contribution in [0.2, 0.25) is 0 Å². The molecule has 0 aliphatic carbocycles. The van der Waals surface area contributed by atoms with E-state index in [0.29, 0.717) is 12.8 Å². The number of ether oxygens (including phenoxy) is 2. The van der Waals surface area contributed by atoms with Crippen molar-refractivity contribution in [2.75, 3.05) is 26.4 Å². The molecule has 350 valence electrons. The van der Waals surface area contributed by atoms with Gasteiger partial charge in [-0.1, -0.05) is 167 Å². The molecule has 0 saturated heterocycles. The number of rotatable bonds is 44. The second-order valence-electron chi connectivity index (χ2n) is 16.0. The van der Waals surface area contributed by atoms with E-state index in [-0.39, 0.29) is 12.8 Å². The van der Waals surface area contributed by atoms with E-state index in [4.69, 9.17) is 25.0 Å². The zero-order valence-corrected chi connectivity index (χ0v) is 37.8. The van der Waals surface area contributed by atoms with Crippen molar-refractivity contribution < 1.29 is 64.5 Å². The maximum Gasteiger partial charge on any atom is 0.472 e. The number of aliphatic hydroxyl groups is 5. The Balaban J connectivity index is 4.83. The number of carbonyl (C=O) groups is 2. The van der Waals surface area contributed by atoms with Crippen LogP contribution in [0.5, 0.6) is 0 Å². The maximum atomic E-state index is 12.8. The first-order chi connectivity index (χ1) is 28.9. The van der Waals surface area contributed by atoms with Gasteiger partial charge in [0.2, 0.25) is 0 Å². The molecule has 6 N–H and O–H groups in total. The van der Waals surface area contributed by atoms with Gasteiger partial charge in [-0.3, -0.25) is 18.6 Å². The van der Waals surface area contributed by atoms with Gasteiger partial charge < -0.3 is 39.9 Å². The van der Waals surface area contributed by atoms with Crippen molar-refractivity contribution in [1.82, 2.24) is 0 Å². The van der Waals surface area contributed by atoms with Crippen LogP contribution < -0.4 is 0 Å². The van der Waals surface area contributed by atoms with Gasteiger partial charge in [-0.2, -0.15) is 0 Å². The molecule has 0 rings (SSSR count). The second kappa shape index (κ2) is 40.6. The largest absolute Gasteiger partial charge is 0.472 e. The molecule has 0 heterocycles. The van der Waals surface area contributed by atoms with Gasteiger partial charge in [0.1, 0.15) is 31.0 Å². The van der Waals surface area contributed by atoms with Gasteiger partial charge >= 0.3 is 19.8 Å². The number of aliphatic hydroxyl groups excluding tert-OH is 5. The summed E-state index contributed by atoms with van der Waals surface area (Å²) in [6, 6.07) is 0. The van der Waals surface area contributed by atoms with Crippen LogP contribution in [0.4, 0.5) is 0 Å². The zero-order chi connectivity index (χ0) is 44.7. The van der Waals surface area contributed by atoms with Crippen molar-refractivity contribution in [2.24, 2.45) is 0 Å². The van der Waals surface area contributed by atoms with Crippen LogP contribution in [0.15, 0.2) is 12.2 Å². The number of phosphoric ester groups is 1. The van der Waals surface area contributed by atoms with Crippen LogP contribution in [-0.2, 0) is 32.7 Å². The molecule has 0 amide bonds. The molecule has 0 bridgehead atoms. The van der Waals surface area contributed by atoms with Gasteiger partial charge in [0, 0.05) is 12.8 Å². The van der Waals surface area contributed by atoms with Crippen LogP contribution >= 0.6 is 7.82 Å². The SMILES string of the molecule is [2H]C(OC(=O)CCCCCCCC/C=C\CCCCCCC)[C@H](COP(=O)(O)O[C@H](CO)[C@@H](O)[C@H](O)[C@H](O)CO)OC(=O)CCCCCCCCCCCCCCCCC. The van der Waals surface area contributed by atoms with Crippen molar-refractivity contribution in [2.45, 2.75) is 237 Å². The molecule has 0 aliphatic rings. The summed E-state index contributed by atoms with van der Waals surface area (Å²) in [6.45, 7) is -0.291. The van der Waals surface area contributed by atoms with Crippen LogP contribution in [-0.4, -0.2) is 99.3 Å². The number of esters is 2. The summed E-state index contributed by atoms with van der Waals surface area (Å²) in [5, 5.41) is 48.4. The molecule has 59 heavy (non-hydrogen) atoms. The van der Waals surface area contributed by atoms with Gasteiger partial charge in [-0.05, 0) is 38.5 Å². The minimum atomic E-state index is -5.16. The average molecular weight is 868 g/mol. The maximum absolute atomic E-state index is 12.8. The Hall–Kier alpha value is -1.41. The van der Waals surface area contributed by atoms with Crippen molar-refractivity contribution >= 4 is 19.8 Å². The van der Waals surface area contributed by atoms with Crippen LogP contribution in [0, 0.1) is 0 Å². The molecular formula is C45H87O13P. The summed E-state index contributed by atoms with van der Waals surface area (Å²) in [5.41, 5.74) is 0. The molecule has 13 nitrogen and oxygen atoms in total. The standard InChI is InChI=1S/C45H87O13P/c1-3-5-7-9-11-13-15-17-19-21-23-25-27-29-31-33-42(49)55-37-39(38-56-59(53,54)58-41(36-47)45(52)44(51)40(48)35-46)57-43(50)34-32-30-28-26-24-22-20-18-16-14-12-10-8-6-4-2/h15,17,39-41,44-48,51-52H,3-14,16,18-38H2,1-2H3,(H,53,54)/b17-15-/t39-,40-,41-,44-,45-/m1/s1/i37D/t37?,39-,40-,41-,44-,45-. The number of phosphoric acid groups is 1. The predicted molar refractivity (Wildman–Crippen MR) is 233 cm³/mol. The lowest BCUT2D eigenvalue weighted by Crippen LogP contribution is -2.47. The number of unbranched alkanes of at least 4 members (excludes halogenated alkanes) is 25. The number of hydrogen-bond acceptors (Lipinski definition) is 12. The smallest absolute Gasteiger partial charge is 0.462 e. The Morgan fingerprint density at radius 2 is 1.00 bits per heavy atom. The van der Waals surface area contributed by atoms with E-state index in [9.17, 15) is 39.5 Å². The summed E-state index contributed by atoms with van der Waals surface area (Å²) in [4.78, 5) is 35.8. The zero-order valence-electron chi connectivity index (χ0n) is 37.9. The third kappa shape index (κ3) is 35.8. The van der Waals surface area contributed by atoms with Crippen LogP contribution in [0.1, 0.15) is 208 Å². The third-order valence-corrected chi connectivity index (χ3v) is 11.4. The minimum Gasteiger partial charge on any atom is -0.462 e. The van der Waals surface area contributed by atoms with Crippen LogP contribution in [0.3, 0.4) is 0 Å². The topological polar surface area (TPSA) is 210 Å². The summed E-state index contributed by atoms with van der Waals surface area (Å²) >= 11 is 0. The van der Waals surface area contributed by atoms with Gasteiger partial charge in [0.25, 0.3) is 0 Å². The van der Waals surface area contributed by atoms with E-state index < -0.39 is 76.7 Å². The first kappa shape index (κ1) is 55.6. The Morgan fingerprint density at radius 1 is 0.593 bits per heavy atom. The molecule has 14 heteroatoms. The van der Waals surface area contributed by atoms with E-state index in [0.717, 1.165) is 70.6 Å². The van der Waals surface area contributed by atoms with E-state index in [2.05, 4.69) is 26.0 Å². The Bertz CT molecular complexity index is 1080. The monoisotopic (exact) mass is 868 g/mol. The van der Waals surface area contributed by atoms with Crippen LogP contribution in [0.25, 0.3) is 0 Å². The Labute approximate surface area is 359 Å². The normalized spacial score (nSPS) is 16.2. The minimum absolute atomic E-state index is 0.0158. The molecule has 7 atom stereocenters. The molecule has 0 aromatic carbocycles. The Kier molecular flexibility index (Phi) is 38.3. The van der Waals surface area contributed by atoms with Gasteiger partial charge in [0.15, 0.2) is 6.10 Å². The second-order valence-corrected chi connectivity index (χ2v) is 17.4. The van der Waals surface area contributed by atoms with Gasteiger partial charge in [-0.15, -0.1) is 0 Å². The highest BCUT2D eigenvalue weighted by atomic mass is 31.2. The third-order valence-electron chi connectivity index (χ3n) is 10.4. The van der Waals surface area contributed by atoms with Crippen molar-refractivity contribution in [3.8, 4) is 0 Å². The molecule has 2 unspecified atom stereocenters. The van der Waals surface area contributed by atoms with Gasteiger partial charge in [-0.25, -0.2) is 4.57 Å². The number of hydrogen-bond donors (Lipinski definition) is 6. The van der Waals surface area contributed by atoms with E-state index in [1.54, 1.807) is 0 Å². The quantitative estimate of drug-likeness (QED) is 0.0146. The lowest BCUT2D eigenvalue weighted by molar-refractivity contribution is -0.161. The molecular weight excluding hydrogens is 779 g/mol. The molecule has 0 saturated carbocycles. The molecule has 0 aliphatic heterocycles. The van der Waals surface area contributed by atoms with E-state index >= 15 is 0 Å². The highest BCUT2D eigenvalue weighted by molar-refractivity contribution is 7.47. The lowest BCUT2D eigenvalue weighted by atomic mass is 10.0. The van der Waals surface area contributed by atoms with E-state index in [1.807, 2.05) is 0 Å². The Morgan fingerprint density at radius 3 is 1.42 bits per heavy atom. The average Bonchev–Trinajstić information content (AvgIpc) is 3.23. The number of carbonyl (C=O) groups excluding carboxylic acids is 2. The summed E-state index contributed by atoms with van der Waals surface area (Å²) in [5.74, 6) is -1.40. The lowest BCUT2D eigenvalue weighted by Gasteiger charge is -2.28. The summed E-state index contributed by atoms with van der Waals surface area (Å²) < 4.78 is 41.6. The first-order valence-corrected chi connectivity index (χ1v) is 24.8. The molecule has 0 aromatic heterocycles. The first-order valence-electron chi connectivity index (χ1n) is 23.9. The van der Waals surface area contributed by atoms with E-state index in [1.165, 1.54) is 96.3 Å². The molecule has 0 fully saturated rings. The summed E-state index contributed by atoms with van der Waals surface area (Å²) in [7, 11) is -5.16. The fourth-order valence-corrected chi connectivity index (χ4v) is 7.58. The predicted octanol–water partition coefficient (Wildman–Crippen LogP) is 9.31. The van der Waals surface area contributed by atoms with Crippen molar-refractivity contribution in [1.29, 1.82) is 0 Å². The van der Waals surface area contributed by atoms with Crippen molar-refractivity contribution in [3.63, 3.8) is 0 Å². The highest BCUT2D eigenvalue weighted by Crippen LogP contribution is 2.45. The molecule has 0 spiro atoms. The fraction of sp³-hybridized carbons (Fsp3) is 0.911.